The van der Waals surface area contributed by atoms with Gasteiger partial charge in [0.2, 0.25) is 0 Å². The van der Waals surface area contributed by atoms with E-state index in [0.29, 0.717) is 25.3 Å². The number of hydrogen-bond acceptors (Lipinski definition) is 4. The lowest BCUT2D eigenvalue weighted by Gasteiger charge is -2.09. The van der Waals surface area contributed by atoms with Crippen LogP contribution in [0.5, 0.6) is 0 Å². The molecule has 5 nitrogen and oxygen atoms in total. The normalized spacial score (nSPS) is 11.1. The van der Waals surface area contributed by atoms with Gasteiger partial charge in [-0.2, -0.15) is 0 Å². The second-order valence-corrected chi connectivity index (χ2v) is 6.00. The molecule has 2 rings (SSSR count). The summed E-state index contributed by atoms with van der Waals surface area (Å²) in [7, 11) is 0. The molecule has 0 aliphatic rings. The van der Waals surface area contributed by atoms with Gasteiger partial charge in [0.05, 0.1) is 16.7 Å². The van der Waals surface area contributed by atoms with Gasteiger partial charge in [-0.05, 0) is 39.3 Å². The van der Waals surface area contributed by atoms with Crippen molar-refractivity contribution in [2.75, 3.05) is 13.2 Å². The molecule has 0 aliphatic carbocycles. The van der Waals surface area contributed by atoms with Gasteiger partial charge < -0.3 is 14.6 Å². The molecular weight excluding hydrogens is 335 g/mol. The summed E-state index contributed by atoms with van der Waals surface area (Å²) in [4.78, 5) is 12.4. The third-order valence-corrected chi connectivity index (χ3v) is 3.66. The lowest BCUT2D eigenvalue weighted by molar-refractivity contribution is 0.0757. The number of rotatable bonds is 7. The van der Waals surface area contributed by atoms with E-state index >= 15 is 0 Å². The average Bonchev–Trinajstić information content (AvgIpc) is 2.88. The monoisotopic (exact) mass is 354 g/mol. The van der Waals surface area contributed by atoms with Crippen LogP contribution < -0.4 is 5.32 Å². The maximum absolute atomic E-state index is 14.1. The minimum Gasteiger partial charge on any atom is -0.379 e. The maximum Gasteiger partial charge on any atom is 0.257 e. The SMILES string of the molecule is Cc1onc(-c2c(F)cccc2Cl)c1C(=O)NCCCOC(C)C. The number of benzene rings is 1. The van der Waals surface area contributed by atoms with Crippen molar-refractivity contribution < 1.29 is 18.4 Å². The first kappa shape index (κ1) is 18.4. The van der Waals surface area contributed by atoms with Crippen molar-refractivity contribution in [3.05, 3.63) is 40.4 Å². The van der Waals surface area contributed by atoms with Crippen molar-refractivity contribution in [2.24, 2.45) is 0 Å². The van der Waals surface area contributed by atoms with E-state index in [4.69, 9.17) is 20.9 Å². The highest BCUT2D eigenvalue weighted by atomic mass is 35.5. The summed E-state index contributed by atoms with van der Waals surface area (Å²) < 4.78 is 24.6. The largest absolute Gasteiger partial charge is 0.379 e. The van der Waals surface area contributed by atoms with Crippen molar-refractivity contribution in [1.29, 1.82) is 0 Å². The summed E-state index contributed by atoms with van der Waals surface area (Å²) >= 11 is 6.06. The van der Waals surface area contributed by atoms with E-state index in [1.54, 1.807) is 6.92 Å². The Hall–Kier alpha value is -1.92. The van der Waals surface area contributed by atoms with Crippen LogP contribution in [0.3, 0.4) is 0 Å². The Morgan fingerprint density at radius 1 is 1.46 bits per heavy atom. The fourth-order valence-electron chi connectivity index (χ4n) is 2.22. The number of nitrogens with one attached hydrogen (secondary N) is 1. The predicted octanol–water partition coefficient (Wildman–Crippen LogP) is 3.99. The minimum atomic E-state index is -0.560. The van der Waals surface area contributed by atoms with Crippen LogP contribution >= 0.6 is 11.6 Å². The van der Waals surface area contributed by atoms with E-state index in [9.17, 15) is 9.18 Å². The quantitative estimate of drug-likeness (QED) is 0.764. The molecule has 24 heavy (non-hydrogen) atoms. The molecule has 0 saturated heterocycles. The number of nitrogens with zero attached hydrogens (tertiary/aromatic N) is 1. The number of aryl methyl sites for hydroxylation is 1. The zero-order valence-electron chi connectivity index (χ0n) is 13.9. The van der Waals surface area contributed by atoms with Crippen LogP contribution in [0.2, 0.25) is 5.02 Å². The molecule has 1 heterocycles. The van der Waals surface area contributed by atoms with E-state index < -0.39 is 5.82 Å². The van der Waals surface area contributed by atoms with Crippen LogP contribution in [0.25, 0.3) is 11.3 Å². The van der Waals surface area contributed by atoms with E-state index in [2.05, 4.69) is 10.5 Å². The molecule has 1 aromatic heterocycles. The van der Waals surface area contributed by atoms with Gasteiger partial charge in [-0.15, -0.1) is 0 Å². The number of carbonyl (C=O) groups excluding carboxylic acids is 1. The molecule has 0 radical (unpaired) electrons. The van der Waals surface area contributed by atoms with Crippen LogP contribution in [0.1, 0.15) is 36.4 Å². The summed E-state index contributed by atoms with van der Waals surface area (Å²) in [5.41, 5.74) is 0.350. The molecule has 130 valence electrons. The molecule has 0 unspecified atom stereocenters. The zero-order chi connectivity index (χ0) is 17.7. The maximum atomic E-state index is 14.1. The second kappa shape index (κ2) is 8.26. The summed E-state index contributed by atoms with van der Waals surface area (Å²) in [6.07, 6.45) is 0.820. The first-order chi connectivity index (χ1) is 11.4. The Balaban J connectivity index is 2.14. The third kappa shape index (κ3) is 4.33. The smallest absolute Gasteiger partial charge is 0.257 e. The molecule has 1 aromatic carbocycles. The first-order valence-corrected chi connectivity index (χ1v) is 8.10. The molecule has 0 spiro atoms. The molecule has 0 bridgehead atoms. The highest BCUT2D eigenvalue weighted by Crippen LogP contribution is 2.33. The Morgan fingerprint density at radius 2 is 2.21 bits per heavy atom. The van der Waals surface area contributed by atoms with Gasteiger partial charge in [0, 0.05) is 13.2 Å². The van der Waals surface area contributed by atoms with Crippen LogP contribution in [0.15, 0.2) is 22.7 Å². The Bertz CT molecular complexity index is 696. The molecule has 0 atom stereocenters. The van der Waals surface area contributed by atoms with Crippen LogP contribution in [-0.2, 0) is 4.74 Å². The summed E-state index contributed by atoms with van der Waals surface area (Å²) in [5.74, 6) is -0.636. The zero-order valence-corrected chi connectivity index (χ0v) is 14.6. The highest BCUT2D eigenvalue weighted by molar-refractivity contribution is 6.33. The number of amides is 1. The lowest BCUT2D eigenvalue weighted by atomic mass is 10.0. The fourth-order valence-corrected chi connectivity index (χ4v) is 2.47. The summed E-state index contributed by atoms with van der Waals surface area (Å²) in [6.45, 7) is 6.47. The molecule has 1 amide bonds. The van der Waals surface area contributed by atoms with Gasteiger partial charge >= 0.3 is 0 Å². The molecule has 1 N–H and O–H groups in total. The minimum absolute atomic E-state index is 0.0595. The molecule has 0 aliphatic heterocycles. The lowest BCUT2D eigenvalue weighted by Crippen LogP contribution is -2.26. The average molecular weight is 355 g/mol. The van der Waals surface area contributed by atoms with Gasteiger partial charge in [0.15, 0.2) is 0 Å². The van der Waals surface area contributed by atoms with Gasteiger partial charge in [-0.3, -0.25) is 4.79 Å². The van der Waals surface area contributed by atoms with E-state index in [1.165, 1.54) is 18.2 Å². The molecule has 7 heteroatoms. The van der Waals surface area contributed by atoms with Crippen molar-refractivity contribution in [3.63, 3.8) is 0 Å². The number of aromatic nitrogens is 1. The van der Waals surface area contributed by atoms with Crippen molar-refractivity contribution in [1.82, 2.24) is 10.5 Å². The Morgan fingerprint density at radius 3 is 2.88 bits per heavy atom. The van der Waals surface area contributed by atoms with Crippen molar-refractivity contribution in [3.8, 4) is 11.3 Å². The molecular formula is C17H20ClFN2O3. The standard InChI is InChI=1S/C17H20ClFN2O3/c1-10(2)23-9-5-8-20-17(22)14-11(3)24-21-16(14)15-12(18)6-4-7-13(15)19/h4,6-7,10H,5,8-9H2,1-3H3,(H,20,22). The molecule has 0 fully saturated rings. The van der Waals surface area contributed by atoms with Gasteiger partial charge in [-0.25, -0.2) is 4.39 Å². The van der Waals surface area contributed by atoms with Crippen LogP contribution in [-0.4, -0.2) is 30.3 Å². The number of ether oxygens (including phenoxy) is 1. The van der Waals surface area contributed by atoms with E-state index in [1.807, 2.05) is 13.8 Å². The molecule has 0 saturated carbocycles. The van der Waals surface area contributed by atoms with Gasteiger partial charge in [0.25, 0.3) is 5.91 Å². The van der Waals surface area contributed by atoms with Gasteiger partial charge in [0.1, 0.15) is 22.8 Å². The predicted molar refractivity (Wildman–Crippen MR) is 89.7 cm³/mol. The molecule has 2 aromatic rings. The third-order valence-electron chi connectivity index (χ3n) is 3.35. The number of carbonyl (C=O) groups is 1. The van der Waals surface area contributed by atoms with Crippen LogP contribution in [0.4, 0.5) is 4.39 Å². The first-order valence-electron chi connectivity index (χ1n) is 7.72. The van der Waals surface area contributed by atoms with Crippen LogP contribution in [0, 0.1) is 12.7 Å². The Labute approximate surface area is 145 Å². The topological polar surface area (TPSA) is 64.4 Å². The van der Waals surface area contributed by atoms with E-state index in [-0.39, 0.29) is 33.9 Å². The summed E-state index contributed by atoms with van der Waals surface area (Å²) in [6, 6.07) is 4.29. The van der Waals surface area contributed by atoms with Crippen molar-refractivity contribution in [2.45, 2.75) is 33.3 Å². The second-order valence-electron chi connectivity index (χ2n) is 5.59. The van der Waals surface area contributed by atoms with Gasteiger partial charge in [-0.1, -0.05) is 22.8 Å². The highest BCUT2D eigenvalue weighted by Gasteiger charge is 2.25. The number of hydrogen-bond donors (Lipinski definition) is 1. The van der Waals surface area contributed by atoms with E-state index in [0.717, 1.165) is 0 Å². The fraction of sp³-hybridized carbons (Fsp3) is 0.412. The summed E-state index contributed by atoms with van der Waals surface area (Å²) in [5, 5.41) is 6.74. The Kier molecular flexibility index (Phi) is 6.34. The van der Waals surface area contributed by atoms with Crippen molar-refractivity contribution >= 4 is 17.5 Å². The number of halogens is 2.